The van der Waals surface area contributed by atoms with Crippen LogP contribution >= 0.6 is 11.6 Å². The first-order valence-electron chi connectivity index (χ1n) is 8.99. The molecule has 0 aliphatic carbocycles. The quantitative estimate of drug-likeness (QED) is 0.733. The van der Waals surface area contributed by atoms with Crippen LogP contribution in [0, 0.1) is 13.8 Å². The Balaban J connectivity index is 1.65. The Morgan fingerprint density at radius 1 is 1.33 bits per heavy atom. The van der Waals surface area contributed by atoms with E-state index in [1.807, 2.05) is 20.8 Å². The van der Waals surface area contributed by atoms with E-state index in [1.54, 1.807) is 28.9 Å². The minimum Gasteiger partial charge on any atom is -0.326 e. The van der Waals surface area contributed by atoms with Gasteiger partial charge in [-0.3, -0.25) is 14.9 Å². The van der Waals surface area contributed by atoms with Gasteiger partial charge in [-0.15, -0.1) is 0 Å². The fourth-order valence-corrected chi connectivity index (χ4v) is 3.42. The van der Waals surface area contributed by atoms with Gasteiger partial charge in [0.1, 0.15) is 0 Å². The molecular formula is C19H24ClN5O2. The van der Waals surface area contributed by atoms with Crippen LogP contribution in [0.5, 0.6) is 0 Å². The van der Waals surface area contributed by atoms with E-state index in [4.69, 9.17) is 11.6 Å². The van der Waals surface area contributed by atoms with Crippen LogP contribution in [-0.4, -0.2) is 27.6 Å². The summed E-state index contributed by atoms with van der Waals surface area (Å²) in [6.45, 7) is 5.85. The molecule has 1 aliphatic heterocycles. The smallest absolute Gasteiger partial charge is 0.224 e. The second-order valence-corrected chi connectivity index (χ2v) is 7.33. The number of carbonyl (C=O) groups is 2. The number of carbonyl (C=O) groups excluding carboxylic acids is 2. The summed E-state index contributed by atoms with van der Waals surface area (Å²) in [5.74, 6) is -0.0655. The lowest BCUT2D eigenvalue weighted by molar-refractivity contribution is -0.125. The topological polar surface area (TPSA) is 88.1 Å². The molecule has 3 N–H and O–H groups in total. The van der Waals surface area contributed by atoms with E-state index in [0.29, 0.717) is 24.3 Å². The molecule has 144 valence electrons. The molecule has 8 heteroatoms. The van der Waals surface area contributed by atoms with Gasteiger partial charge in [-0.2, -0.15) is 5.10 Å². The molecule has 7 nitrogen and oxygen atoms in total. The van der Waals surface area contributed by atoms with Gasteiger partial charge >= 0.3 is 0 Å². The zero-order chi connectivity index (χ0) is 19.6. The third-order valence-corrected chi connectivity index (χ3v) is 4.93. The van der Waals surface area contributed by atoms with Gasteiger partial charge in [0.2, 0.25) is 11.8 Å². The second kappa shape index (κ2) is 8.10. The average Bonchev–Trinajstić information content (AvgIpc) is 2.88. The zero-order valence-electron chi connectivity index (χ0n) is 15.7. The molecule has 1 aromatic carbocycles. The van der Waals surface area contributed by atoms with Crippen LogP contribution < -0.4 is 16.0 Å². The molecule has 2 heterocycles. The maximum atomic E-state index is 12.2. The molecule has 0 spiro atoms. The number of nitrogens with one attached hydrogen (secondary N) is 3. The fourth-order valence-electron chi connectivity index (χ4n) is 3.30. The van der Waals surface area contributed by atoms with Crippen molar-refractivity contribution >= 4 is 29.1 Å². The highest BCUT2D eigenvalue weighted by atomic mass is 35.5. The van der Waals surface area contributed by atoms with Crippen molar-refractivity contribution in [1.82, 2.24) is 20.4 Å². The summed E-state index contributed by atoms with van der Waals surface area (Å²) in [6.07, 6.45) is 1.01. The number of nitrogens with zero attached hydrogens (tertiary/aromatic N) is 2. The first-order valence-corrected chi connectivity index (χ1v) is 9.36. The average molecular weight is 390 g/mol. The molecule has 2 aromatic rings. The molecule has 0 saturated carbocycles. The highest BCUT2D eigenvalue weighted by Crippen LogP contribution is 2.20. The van der Waals surface area contributed by atoms with Crippen molar-refractivity contribution in [3.05, 3.63) is 46.2 Å². The molecule has 0 radical (unpaired) electrons. The minimum atomic E-state index is -0.364. The van der Waals surface area contributed by atoms with Crippen molar-refractivity contribution in [2.75, 3.05) is 5.32 Å². The van der Waals surface area contributed by atoms with Crippen molar-refractivity contribution < 1.29 is 9.59 Å². The molecule has 2 atom stereocenters. The van der Waals surface area contributed by atoms with Gasteiger partial charge in [0.15, 0.2) is 6.29 Å². The van der Waals surface area contributed by atoms with E-state index in [1.165, 1.54) is 0 Å². The molecule has 1 aromatic heterocycles. The maximum absolute atomic E-state index is 12.2. The normalized spacial score (nSPS) is 19.6. The van der Waals surface area contributed by atoms with Gasteiger partial charge in [0, 0.05) is 35.3 Å². The highest BCUT2D eigenvalue weighted by Gasteiger charge is 2.26. The molecule has 2 amide bonds. The van der Waals surface area contributed by atoms with Crippen molar-refractivity contribution in [3.8, 4) is 0 Å². The number of aromatic nitrogens is 2. The van der Waals surface area contributed by atoms with E-state index in [0.717, 1.165) is 22.6 Å². The van der Waals surface area contributed by atoms with Crippen molar-refractivity contribution in [2.24, 2.45) is 0 Å². The molecule has 1 fully saturated rings. The second-order valence-electron chi connectivity index (χ2n) is 6.89. The van der Waals surface area contributed by atoms with Crippen LogP contribution in [0.3, 0.4) is 0 Å². The third-order valence-electron chi connectivity index (χ3n) is 4.68. The Morgan fingerprint density at radius 2 is 2.04 bits per heavy atom. The fraction of sp³-hybridized carbons (Fsp3) is 0.421. The summed E-state index contributed by atoms with van der Waals surface area (Å²) in [7, 11) is 0. The summed E-state index contributed by atoms with van der Waals surface area (Å²) in [4.78, 5) is 24.1. The first-order chi connectivity index (χ1) is 12.8. The van der Waals surface area contributed by atoms with Gasteiger partial charge in [0.05, 0.1) is 5.69 Å². The summed E-state index contributed by atoms with van der Waals surface area (Å²) in [5, 5.41) is 14.3. The molecule has 1 saturated heterocycles. The predicted molar refractivity (Wildman–Crippen MR) is 104 cm³/mol. The monoisotopic (exact) mass is 389 g/mol. The predicted octanol–water partition coefficient (Wildman–Crippen LogP) is 2.68. The van der Waals surface area contributed by atoms with Crippen molar-refractivity contribution in [2.45, 2.75) is 52.4 Å². The highest BCUT2D eigenvalue weighted by molar-refractivity contribution is 6.30. The Kier molecular flexibility index (Phi) is 5.82. The number of hydrogen-bond acceptors (Lipinski definition) is 4. The van der Waals surface area contributed by atoms with E-state index in [2.05, 4.69) is 21.0 Å². The number of anilines is 1. The number of benzene rings is 1. The van der Waals surface area contributed by atoms with Gasteiger partial charge in [-0.25, -0.2) is 4.68 Å². The van der Waals surface area contributed by atoms with E-state index < -0.39 is 0 Å². The van der Waals surface area contributed by atoms with Crippen LogP contribution in [0.2, 0.25) is 5.02 Å². The Hall–Kier alpha value is -2.38. The molecule has 2 unspecified atom stereocenters. The minimum absolute atomic E-state index is 0.00250. The van der Waals surface area contributed by atoms with E-state index >= 15 is 0 Å². The van der Waals surface area contributed by atoms with E-state index in [9.17, 15) is 9.59 Å². The Bertz CT molecular complexity index is 847. The summed E-state index contributed by atoms with van der Waals surface area (Å²) < 4.78 is 1.79. The van der Waals surface area contributed by atoms with Crippen molar-refractivity contribution in [1.29, 1.82) is 0 Å². The van der Waals surface area contributed by atoms with Gasteiger partial charge in [0.25, 0.3) is 0 Å². The van der Waals surface area contributed by atoms with Gasteiger partial charge in [-0.1, -0.05) is 11.6 Å². The number of halogens is 1. The van der Waals surface area contributed by atoms with Crippen LogP contribution in [0.15, 0.2) is 24.3 Å². The number of aryl methyl sites for hydroxylation is 1. The van der Waals surface area contributed by atoms with Crippen LogP contribution in [0.25, 0.3) is 0 Å². The van der Waals surface area contributed by atoms with Crippen LogP contribution in [0.4, 0.5) is 5.69 Å². The lowest BCUT2D eigenvalue weighted by Gasteiger charge is -2.30. The standard InChI is InChI=1S/C19H24ClN5O2/c1-11-10-18(27)23-19(21-11)25-13(3)16(12(2)24-25)8-9-17(26)22-15-6-4-14(20)5-7-15/h4-7,11,19,21H,8-10H2,1-3H3,(H,22,26)(H,23,27). The van der Waals surface area contributed by atoms with Gasteiger partial charge < -0.3 is 10.6 Å². The summed E-state index contributed by atoms with van der Waals surface area (Å²) in [6, 6.07) is 7.10. The number of hydrogen-bond donors (Lipinski definition) is 3. The number of amides is 2. The summed E-state index contributed by atoms with van der Waals surface area (Å²) >= 11 is 5.86. The molecule has 27 heavy (non-hydrogen) atoms. The molecule has 1 aliphatic rings. The molecule has 0 bridgehead atoms. The summed E-state index contributed by atoms with van der Waals surface area (Å²) in [5.41, 5.74) is 3.55. The Morgan fingerprint density at radius 3 is 2.70 bits per heavy atom. The third kappa shape index (κ3) is 4.67. The van der Waals surface area contributed by atoms with Crippen LogP contribution in [-0.2, 0) is 16.0 Å². The lowest BCUT2D eigenvalue weighted by atomic mass is 10.1. The lowest BCUT2D eigenvalue weighted by Crippen LogP contribution is -2.52. The van der Waals surface area contributed by atoms with Gasteiger partial charge in [-0.05, 0) is 57.0 Å². The van der Waals surface area contributed by atoms with Crippen LogP contribution in [0.1, 0.15) is 43.0 Å². The Labute approximate surface area is 163 Å². The molecule has 3 rings (SSSR count). The molecular weight excluding hydrogens is 366 g/mol. The number of rotatable bonds is 5. The van der Waals surface area contributed by atoms with E-state index in [-0.39, 0.29) is 24.1 Å². The zero-order valence-corrected chi connectivity index (χ0v) is 16.4. The largest absolute Gasteiger partial charge is 0.326 e. The maximum Gasteiger partial charge on any atom is 0.224 e. The van der Waals surface area contributed by atoms with Crippen molar-refractivity contribution in [3.63, 3.8) is 0 Å². The first kappa shape index (κ1) is 19.4. The SMILES string of the molecule is Cc1nn(C2NC(=O)CC(C)N2)c(C)c1CCC(=O)Nc1ccc(Cl)cc1.